The SMILES string of the molecule is COc1ccc2cccc(C3CCNCC3)c2c1. The van der Waals surface area contributed by atoms with Crippen LogP contribution in [0, 0.1) is 0 Å². The first-order valence-corrected chi connectivity index (χ1v) is 6.66. The average Bonchev–Trinajstić information content (AvgIpc) is 2.47. The van der Waals surface area contributed by atoms with Crippen molar-refractivity contribution in [1.82, 2.24) is 5.32 Å². The minimum absolute atomic E-state index is 0.682. The van der Waals surface area contributed by atoms with Crippen LogP contribution in [0.1, 0.15) is 24.3 Å². The van der Waals surface area contributed by atoms with Crippen molar-refractivity contribution in [1.29, 1.82) is 0 Å². The second-order valence-corrected chi connectivity index (χ2v) is 4.96. The molecule has 1 saturated heterocycles. The van der Waals surface area contributed by atoms with Gasteiger partial charge in [-0.2, -0.15) is 0 Å². The number of fused-ring (bicyclic) bond motifs is 1. The van der Waals surface area contributed by atoms with E-state index in [1.165, 1.54) is 29.2 Å². The lowest BCUT2D eigenvalue weighted by atomic mass is 9.87. The number of benzene rings is 2. The standard InChI is InChI=1S/C16H19NO/c1-18-14-6-5-12-3-2-4-15(16(12)11-14)13-7-9-17-10-8-13/h2-6,11,13,17H,7-10H2,1H3. The summed E-state index contributed by atoms with van der Waals surface area (Å²) in [5.74, 6) is 1.63. The highest BCUT2D eigenvalue weighted by atomic mass is 16.5. The third-order valence-electron chi connectivity index (χ3n) is 3.90. The van der Waals surface area contributed by atoms with Gasteiger partial charge in [0.25, 0.3) is 0 Å². The number of piperidine rings is 1. The Morgan fingerprint density at radius 1 is 1.11 bits per heavy atom. The summed E-state index contributed by atoms with van der Waals surface area (Å²) >= 11 is 0. The molecule has 2 nitrogen and oxygen atoms in total. The molecular formula is C16H19NO. The number of hydrogen-bond donors (Lipinski definition) is 1. The minimum Gasteiger partial charge on any atom is -0.497 e. The Bertz CT molecular complexity index is 544. The Balaban J connectivity index is 2.09. The van der Waals surface area contributed by atoms with E-state index in [1.54, 1.807) is 7.11 Å². The van der Waals surface area contributed by atoms with Crippen molar-refractivity contribution in [3.8, 4) is 5.75 Å². The zero-order chi connectivity index (χ0) is 12.4. The van der Waals surface area contributed by atoms with E-state index < -0.39 is 0 Å². The van der Waals surface area contributed by atoms with Crippen LogP contribution in [-0.2, 0) is 0 Å². The molecule has 1 heterocycles. The Hall–Kier alpha value is -1.54. The van der Waals surface area contributed by atoms with E-state index in [1.807, 2.05) is 6.07 Å². The quantitative estimate of drug-likeness (QED) is 0.871. The summed E-state index contributed by atoms with van der Waals surface area (Å²) < 4.78 is 5.35. The Morgan fingerprint density at radius 3 is 2.72 bits per heavy atom. The molecular weight excluding hydrogens is 222 g/mol. The lowest BCUT2D eigenvalue weighted by Crippen LogP contribution is -2.26. The molecule has 0 atom stereocenters. The average molecular weight is 241 g/mol. The molecule has 0 spiro atoms. The Morgan fingerprint density at radius 2 is 1.94 bits per heavy atom. The number of nitrogens with one attached hydrogen (secondary N) is 1. The smallest absolute Gasteiger partial charge is 0.119 e. The van der Waals surface area contributed by atoms with Gasteiger partial charge < -0.3 is 10.1 Å². The zero-order valence-electron chi connectivity index (χ0n) is 10.8. The molecule has 18 heavy (non-hydrogen) atoms. The predicted octanol–water partition coefficient (Wildman–Crippen LogP) is 3.32. The minimum atomic E-state index is 0.682. The van der Waals surface area contributed by atoms with E-state index in [0.717, 1.165) is 18.8 Å². The number of methoxy groups -OCH3 is 1. The third kappa shape index (κ3) is 2.08. The van der Waals surface area contributed by atoms with E-state index in [-0.39, 0.29) is 0 Å². The number of ether oxygens (including phenoxy) is 1. The van der Waals surface area contributed by atoms with Gasteiger partial charge in [0.05, 0.1) is 7.11 Å². The van der Waals surface area contributed by atoms with Gasteiger partial charge in [-0.15, -0.1) is 0 Å². The highest BCUT2D eigenvalue weighted by molar-refractivity contribution is 5.87. The maximum Gasteiger partial charge on any atom is 0.119 e. The molecule has 0 aromatic heterocycles. The van der Waals surface area contributed by atoms with E-state index >= 15 is 0 Å². The lowest BCUT2D eigenvalue weighted by molar-refractivity contribution is 0.415. The highest BCUT2D eigenvalue weighted by Crippen LogP contribution is 2.33. The predicted molar refractivity (Wildman–Crippen MR) is 75.3 cm³/mol. The fourth-order valence-corrected chi connectivity index (χ4v) is 2.89. The Labute approximate surface area is 108 Å². The molecule has 1 N–H and O–H groups in total. The van der Waals surface area contributed by atoms with Crippen LogP contribution >= 0.6 is 0 Å². The van der Waals surface area contributed by atoms with Gasteiger partial charge in [0.1, 0.15) is 5.75 Å². The van der Waals surface area contributed by atoms with Crippen molar-refractivity contribution in [2.45, 2.75) is 18.8 Å². The van der Waals surface area contributed by atoms with Crippen LogP contribution in [0.25, 0.3) is 10.8 Å². The monoisotopic (exact) mass is 241 g/mol. The summed E-state index contributed by atoms with van der Waals surface area (Å²) in [7, 11) is 1.73. The van der Waals surface area contributed by atoms with Gasteiger partial charge in [-0.05, 0) is 60.3 Å². The molecule has 1 aliphatic heterocycles. The van der Waals surface area contributed by atoms with Crippen molar-refractivity contribution >= 4 is 10.8 Å². The molecule has 0 saturated carbocycles. The summed E-state index contributed by atoms with van der Waals surface area (Å²) in [6, 6.07) is 13.0. The zero-order valence-corrected chi connectivity index (χ0v) is 10.8. The van der Waals surface area contributed by atoms with Crippen molar-refractivity contribution in [2.75, 3.05) is 20.2 Å². The van der Waals surface area contributed by atoms with Crippen LogP contribution in [0.3, 0.4) is 0 Å². The molecule has 2 aromatic carbocycles. The molecule has 0 aliphatic carbocycles. The van der Waals surface area contributed by atoms with Crippen LogP contribution in [0.4, 0.5) is 0 Å². The van der Waals surface area contributed by atoms with Gasteiger partial charge >= 0.3 is 0 Å². The molecule has 2 aromatic rings. The molecule has 0 unspecified atom stereocenters. The second kappa shape index (κ2) is 4.99. The first-order chi connectivity index (χ1) is 8.88. The summed E-state index contributed by atoms with van der Waals surface area (Å²) in [6.45, 7) is 2.26. The van der Waals surface area contributed by atoms with Crippen LogP contribution in [0.5, 0.6) is 5.75 Å². The van der Waals surface area contributed by atoms with E-state index in [4.69, 9.17) is 4.74 Å². The molecule has 0 bridgehead atoms. The fourth-order valence-electron chi connectivity index (χ4n) is 2.89. The normalized spacial score (nSPS) is 16.9. The molecule has 94 valence electrons. The van der Waals surface area contributed by atoms with Gasteiger partial charge in [0.15, 0.2) is 0 Å². The third-order valence-corrected chi connectivity index (χ3v) is 3.90. The first kappa shape index (κ1) is 11.5. The molecule has 1 fully saturated rings. The lowest BCUT2D eigenvalue weighted by Gasteiger charge is -2.24. The van der Waals surface area contributed by atoms with Gasteiger partial charge in [-0.3, -0.25) is 0 Å². The van der Waals surface area contributed by atoms with Crippen LogP contribution in [0.2, 0.25) is 0 Å². The largest absolute Gasteiger partial charge is 0.497 e. The Kier molecular flexibility index (Phi) is 3.20. The molecule has 0 radical (unpaired) electrons. The highest BCUT2D eigenvalue weighted by Gasteiger charge is 2.17. The summed E-state index contributed by atoms with van der Waals surface area (Å²) in [4.78, 5) is 0. The van der Waals surface area contributed by atoms with Crippen molar-refractivity contribution in [2.24, 2.45) is 0 Å². The van der Waals surface area contributed by atoms with Crippen LogP contribution in [-0.4, -0.2) is 20.2 Å². The second-order valence-electron chi connectivity index (χ2n) is 4.96. The van der Waals surface area contributed by atoms with Crippen molar-refractivity contribution in [3.63, 3.8) is 0 Å². The maximum atomic E-state index is 5.35. The van der Waals surface area contributed by atoms with Gasteiger partial charge in [-0.25, -0.2) is 0 Å². The topological polar surface area (TPSA) is 21.3 Å². The summed E-state index contributed by atoms with van der Waals surface area (Å²) in [6.07, 6.45) is 2.46. The van der Waals surface area contributed by atoms with E-state index in [0.29, 0.717) is 5.92 Å². The molecule has 0 amide bonds. The van der Waals surface area contributed by atoms with Gasteiger partial charge in [0.2, 0.25) is 0 Å². The first-order valence-electron chi connectivity index (χ1n) is 6.66. The summed E-state index contributed by atoms with van der Waals surface area (Å²) in [5, 5.41) is 6.09. The van der Waals surface area contributed by atoms with Gasteiger partial charge in [-0.1, -0.05) is 24.3 Å². The maximum absolute atomic E-state index is 5.35. The van der Waals surface area contributed by atoms with E-state index in [9.17, 15) is 0 Å². The van der Waals surface area contributed by atoms with Crippen molar-refractivity contribution in [3.05, 3.63) is 42.0 Å². The fraction of sp³-hybridized carbons (Fsp3) is 0.375. The number of rotatable bonds is 2. The van der Waals surface area contributed by atoms with Gasteiger partial charge in [0, 0.05) is 0 Å². The van der Waals surface area contributed by atoms with Crippen LogP contribution < -0.4 is 10.1 Å². The van der Waals surface area contributed by atoms with E-state index in [2.05, 4.69) is 35.6 Å². The molecule has 1 aliphatic rings. The molecule has 2 heteroatoms. The summed E-state index contributed by atoms with van der Waals surface area (Å²) in [5.41, 5.74) is 1.48. The molecule has 3 rings (SSSR count). The number of hydrogen-bond acceptors (Lipinski definition) is 2. The van der Waals surface area contributed by atoms with Crippen LogP contribution in [0.15, 0.2) is 36.4 Å². The van der Waals surface area contributed by atoms with Crippen molar-refractivity contribution < 1.29 is 4.74 Å².